The SMILES string of the molecule is COC(=O)C(C)NCC(C)(CO)CO. The Hall–Kier alpha value is -0.650. The first-order valence-electron chi connectivity index (χ1n) is 4.52. The van der Waals surface area contributed by atoms with Gasteiger partial charge in [0.2, 0.25) is 0 Å². The lowest BCUT2D eigenvalue weighted by Crippen LogP contribution is -2.44. The first-order chi connectivity index (χ1) is 6.49. The number of carbonyl (C=O) groups excluding carboxylic acids is 1. The number of hydrogen-bond donors (Lipinski definition) is 3. The van der Waals surface area contributed by atoms with Crippen LogP contribution in [-0.2, 0) is 9.53 Å². The Balaban J connectivity index is 3.97. The summed E-state index contributed by atoms with van der Waals surface area (Å²) in [5.41, 5.74) is -0.609. The smallest absolute Gasteiger partial charge is 0.322 e. The second-order valence-electron chi connectivity index (χ2n) is 3.75. The van der Waals surface area contributed by atoms with Gasteiger partial charge in [0.1, 0.15) is 6.04 Å². The average molecular weight is 205 g/mol. The van der Waals surface area contributed by atoms with Gasteiger partial charge < -0.3 is 20.3 Å². The molecule has 1 unspecified atom stereocenters. The molecule has 0 radical (unpaired) electrons. The topological polar surface area (TPSA) is 78.8 Å². The Kier molecular flexibility index (Phi) is 5.68. The fourth-order valence-corrected chi connectivity index (χ4v) is 0.821. The van der Waals surface area contributed by atoms with Crippen LogP contribution in [0.5, 0.6) is 0 Å². The summed E-state index contributed by atoms with van der Waals surface area (Å²) in [5, 5.41) is 20.8. The van der Waals surface area contributed by atoms with Gasteiger partial charge in [0.25, 0.3) is 0 Å². The van der Waals surface area contributed by atoms with Crippen molar-refractivity contribution < 1.29 is 19.7 Å². The Morgan fingerprint density at radius 2 is 2.00 bits per heavy atom. The van der Waals surface area contributed by atoms with E-state index in [1.807, 2.05) is 0 Å². The molecule has 0 heterocycles. The molecule has 0 bridgehead atoms. The summed E-state index contributed by atoms with van der Waals surface area (Å²) in [5.74, 6) is -0.358. The van der Waals surface area contributed by atoms with Crippen molar-refractivity contribution in [2.24, 2.45) is 5.41 Å². The molecule has 84 valence electrons. The Morgan fingerprint density at radius 1 is 1.50 bits per heavy atom. The van der Waals surface area contributed by atoms with Gasteiger partial charge >= 0.3 is 5.97 Å². The molecule has 1 atom stereocenters. The molecule has 0 saturated heterocycles. The lowest BCUT2D eigenvalue weighted by atomic mass is 9.93. The standard InChI is InChI=1S/C9H19NO4/c1-7(8(13)14-3)10-4-9(2,5-11)6-12/h7,10-12H,4-6H2,1-3H3. The number of nitrogens with one attached hydrogen (secondary N) is 1. The number of carbonyl (C=O) groups is 1. The molecule has 3 N–H and O–H groups in total. The molecule has 14 heavy (non-hydrogen) atoms. The second kappa shape index (κ2) is 5.95. The first-order valence-corrected chi connectivity index (χ1v) is 4.52. The van der Waals surface area contributed by atoms with Crippen LogP contribution in [0.4, 0.5) is 0 Å². The highest BCUT2D eigenvalue weighted by Gasteiger charge is 2.24. The molecule has 0 spiro atoms. The molecule has 5 heteroatoms. The summed E-state index contributed by atoms with van der Waals surface area (Å²) in [7, 11) is 1.32. The van der Waals surface area contributed by atoms with E-state index in [1.165, 1.54) is 7.11 Å². The highest BCUT2D eigenvalue weighted by atomic mass is 16.5. The maximum Gasteiger partial charge on any atom is 0.322 e. The zero-order valence-electron chi connectivity index (χ0n) is 8.91. The largest absolute Gasteiger partial charge is 0.468 e. The minimum atomic E-state index is -0.609. The molecule has 0 rings (SSSR count). The van der Waals surface area contributed by atoms with E-state index >= 15 is 0 Å². The van der Waals surface area contributed by atoms with Crippen LogP contribution in [0.2, 0.25) is 0 Å². The van der Waals surface area contributed by atoms with Crippen LogP contribution in [-0.4, -0.2) is 49.1 Å². The van der Waals surface area contributed by atoms with Gasteiger partial charge in [-0.3, -0.25) is 4.79 Å². The van der Waals surface area contributed by atoms with Gasteiger partial charge in [0.15, 0.2) is 0 Å². The minimum Gasteiger partial charge on any atom is -0.468 e. The van der Waals surface area contributed by atoms with Crippen molar-refractivity contribution in [3.8, 4) is 0 Å². The number of aliphatic hydroxyl groups is 2. The van der Waals surface area contributed by atoms with E-state index < -0.39 is 11.5 Å². The van der Waals surface area contributed by atoms with Gasteiger partial charge in [-0.2, -0.15) is 0 Å². The van der Waals surface area contributed by atoms with E-state index in [9.17, 15) is 4.79 Å². The summed E-state index contributed by atoms with van der Waals surface area (Å²) in [6.07, 6.45) is 0. The molecule has 0 saturated carbocycles. The van der Waals surface area contributed by atoms with Crippen molar-refractivity contribution in [3.63, 3.8) is 0 Å². The number of ether oxygens (including phenoxy) is 1. The van der Waals surface area contributed by atoms with Crippen LogP contribution in [0.1, 0.15) is 13.8 Å². The summed E-state index contributed by atoms with van der Waals surface area (Å²) in [6.45, 7) is 3.48. The number of aliphatic hydroxyl groups excluding tert-OH is 2. The fraction of sp³-hybridized carbons (Fsp3) is 0.889. The average Bonchev–Trinajstić information content (AvgIpc) is 2.24. The molecule has 0 aliphatic carbocycles. The van der Waals surface area contributed by atoms with Crippen molar-refractivity contribution in [1.29, 1.82) is 0 Å². The molecule has 0 aromatic carbocycles. The predicted octanol–water partition coefficient (Wildman–Crippen LogP) is -0.872. The van der Waals surface area contributed by atoms with Gasteiger partial charge in [-0.15, -0.1) is 0 Å². The van der Waals surface area contributed by atoms with Gasteiger partial charge in [-0.1, -0.05) is 6.92 Å². The Labute approximate surface area is 84.1 Å². The van der Waals surface area contributed by atoms with Gasteiger partial charge in [0, 0.05) is 12.0 Å². The summed E-state index contributed by atoms with van der Waals surface area (Å²) >= 11 is 0. The van der Waals surface area contributed by atoms with Crippen molar-refractivity contribution >= 4 is 5.97 Å². The van der Waals surface area contributed by atoms with Gasteiger partial charge in [-0.25, -0.2) is 0 Å². The molecule has 0 amide bonds. The minimum absolute atomic E-state index is 0.135. The molecule has 0 aromatic rings. The number of esters is 1. The quantitative estimate of drug-likeness (QED) is 0.491. The normalized spacial score (nSPS) is 13.8. The fourth-order valence-electron chi connectivity index (χ4n) is 0.821. The van der Waals surface area contributed by atoms with Crippen LogP contribution in [0.3, 0.4) is 0 Å². The number of methoxy groups -OCH3 is 1. The number of rotatable bonds is 6. The third-order valence-electron chi connectivity index (χ3n) is 2.15. The monoisotopic (exact) mass is 205 g/mol. The lowest BCUT2D eigenvalue weighted by molar-refractivity contribution is -0.142. The third-order valence-corrected chi connectivity index (χ3v) is 2.15. The van der Waals surface area contributed by atoms with E-state index in [0.717, 1.165) is 0 Å². The summed E-state index contributed by atoms with van der Waals surface area (Å²) < 4.78 is 4.52. The van der Waals surface area contributed by atoms with Gasteiger partial charge in [0.05, 0.1) is 20.3 Å². The maximum absolute atomic E-state index is 11.0. The van der Waals surface area contributed by atoms with E-state index in [4.69, 9.17) is 10.2 Å². The lowest BCUT2D eigenvalue weighted by Gasteiger charge is -2.26. The van der Waals surface area contributed by atoms with Crippen LogP contribution in [0, 0.1) is 5.41 Å². The van der Waals surface area contributed by atoms with Crippen LogP contribution in [0.25, 0.3) is 0 Å². The van der Waals surface area contributed by atoms with Crippen molar-refractivity contribution in [1.82, 2.24) is 5.32 Å². The third kappa shape index (κ3) is 4.04. The first kappa shape index (κ1) is 13.4. The van der Waals surface area contributed by atoms with Crippen molar-refractivity contribution in [2.45, 2.75) is 19.9 Å². The predicted molar refractivity (Wildman–Crippen MR) is 51.8 cm³/mol. The second-order valence-corrected chi connectivity index (χ2v) is 3.75. The molecule has 0 aliphatic heterocycles. The Morgan fingerprint density at radius 3 is 2.36 bits per heavy atom. The van der Waals surface area contributed by atoms with E-state index in [-0.39, 0.29) is 19.2 Å². The summed E-state index contributed by atoms with van der Waals surface area (Å²) in [4.78, 5) is 11.0. The maximum atomic E-state index is 11.0. The van der Waals surface area contributed by atoms with E-state index in [0.29, 0.717) is 6.54 Å². The molecule has 0 aromatic heterocycles. The zero-order chi connectivity index (χ0) is 11.2. The van der Waals surface area contributed by atoms with Crippen LogP contribution in [0.15, 0.2) is 0 Å². The van der Waals surface area contributed by atoms with Crippen LogP contribution < -0.4 is 5.32 Å². The molecule has 5 nitrogen and oxygen atoms in total. The molecule has 0 fully saturated rings. The Bertz CT molecular complexity index is 180. The molecule has 0 aliphatic rings. The highest BCUT2D eigenvalue weighted by molar-refractivity contribution is 5.75. The summed E-state index contributed by atoms with van der Waals surface area (Å²) in [6, 6.07) is -0.433. The van der Waals surface area contributed by atoms with E-state index in [2.05, 4.69) is 10.1 Å². The van der Waals surface area contributed by atoms with Crippen LogP contribution >= 0.6 is 0 Å². The number of hydrogen-bond acceptors (Lipinski definition) is 5. The molecular formula is C9H19NO4. The van der Waals surface area contributed by atoms with E-state index in [1.54, 1.807) is 13.8 Å². The van der Waals surface area contributed by atoms with Gasteiger partial charge in [-0.05, 0) is 6.92 Å². The highest BCUT2D eigenvalue weighted by Crippen LogP contribution is 2.12. The molecular weight excluding hydrogens is 186 g/mol. The zero-order valence-corrected chi connectivity index (χ0v) is 8.91. The van der Waals surface area contributed by atoms with Crippen molar-refractivity contribution in [2.75, 3.05) is 26.9 Å². The van der Waals surface area contributed by atoms with Crippen molar-refractivity contribution in [3.05, 3.63) is 0 Å².